The van der Waals surface area contributed by atoms with Crippen LogP contribution in [0.4, 0.5) is 0 Å². The number of nitrogens with one attached hydrogen (secondary N) is 1. The number of aromatic nitrogens is 2. The first kappa shape index (κ1) is 16.2. The molecule has 1 fully saturated rings. The lowest BCUT2D eigenvalue weighted by Crippen LogP contribution is -2.46. The van der Waals surface area contributed by atoms with E-state index in [1.807, 2.05) is 0 Å². The summed E-state index contributed by atoms with van der Waals surface area (Å²) in [5, 5.41) is 8.15. The molecule has 1 aliphatic rings. The lowest BCUT2D eigenvalue weighted by Gasteiger charge is -2.31. The Bertz CT molecular complexity index is 851. The molecular weight excluding hydrogens is 308 g/mol. The molecule has 2 amide bonds. The van der Waals surface area contributed by atoms with Crippen LogP contribution in [-0.2, 0) is 11.8 Å². The van der Waals surface area contributed by atoms with E-state index in [9.17, 15) is 14.4 Å². The number of hydrogen-bond acceptors (Lipinski definition) is 4. The lowest BCUT2D eigenvalue weighted by molar-refractivity contribution is -0.129. The van der Waals surface area contributed by atoms with Gasteiger partial charge in [-0.2, -0.15) is 5.10 Å². The molecule has 126 valence electrons. The Labute approximate surface area is 139 Å². The van der Waals surface area contributed by atoms with Gasteiger partial charge in [0.2, 0.25) is 5.91 Å². The van der Waals surface area contributed by atoms with Crippen LogP contribution in [0.1, 0.15) is 30.3 Å². The highest BCUT2D eigenvalue weighted by atomic mass is 16.2. The first-order chi connectivity index (χ1) is 11.5. The van der Waals surface area contributed by atoms with E-state index in [1.54, 1.807) is 36.1 Å². The fraction of sp³-hybridized carbons (Fsp3) is 0.412. The van der Waals surface area contributed by atoms with Crippen molar-refractivity contribution in [3.05, 3.63) is 40.3 Å². The van der Waals surface area contributed by atoms with Gasteiger partial charge < -0.3 is 10.2 Å². The Morgan fingerprint density at radius 3 is 2.42 bits per heavy atom. The molecule has 0 atom stereocenters. The number of benzene rings is 1. The SMILES string of the molecule is CC(=O)N1CCC(NC(=O)c2nn(C)c(=O)c3ccccc23)CC1. The van der Waals surface area contributed by atoms with Crippen LogP contribution in [0, 0.1) is 0 Å². The van der Waals surface area contributed by atoms with Gasteiger partial charge >= 0.3 is 0 Å². The summed E-state index contributed by atoms with van der Waals surface area (Å²) in [4.78, 5) is 37.9. The summed E-state index contributed by atoms with van der Waals surface area (Å²) in [7, 11) is 1.54. The number of aryl methyl sites for hydroxylation is 1. The molecule has 0 spiro atoms. The van der Waals surface area contributed by atoms with Crippen molar-refractivity contribution in [1.29, 1.82) is 0 Å². The van der Waals surface area contributed by atoms with Gasteiger partial charge in [-0.05, 0) is 18.9 Å². The third-order valence-electron chi connectivity index (χ3n) is 4.45. The molecule has 0 saturated carbocycles. The number of fused-ring (bicyclic) bond motifs is 1. The van der Waals surface area contributed by atoms with Crippen molar-refractivity contribution < 1.29 is 9.59 Å². The second-order valence-corrected chi connectivity index (χ2v) is 6.08. The van der Waals surface area contributed by atoms with Crippen LogP contribution in [0.5, 0.6) is 0 Å². The van der Waals surface area contributed by atoms with Crippen molar-refractivity contribution in [3.8, 4) is 0 Å². The maximum Gasteiger partial charge on any atom is 0.274 e. The molecule has 0 radical (unpaired) electrons. The van der Waals surface area contributed by atoms with Gasteiger partial charge in [0.05, 0.1) is 5.39 Å². The van der Waals surface area contributed by atoms with E-state index in [0.717, 1.165) is 12.8 Å². The molecular formula is C17H20N4O3. The highest BCUT2D eigenvalue weighted by Gasteiger charge is 2.24. The van der Waals surface area contributed by atoms with Crippen LogP contribution in [0.2, 0.25) is 0 Å². The van der Waals surface area contributed by atoms with Crippen LogP contribution in [0.25, 0.3) is 10.8 Å². The van der Waals surface area contributed by atoms with Crippen LogP contribution in [0.15, 0.2) is 29.1 Å². The number of carbonyl (C=O) groups excluding carboxylic acids is 2. The van der Waals surface area contributed by atoms with Crippen molar-refractivity contribution in [1.82, 2.24) is 20.0 Å². The van der Waals surface area contributed by atoms with E-state index >= 15 is 0 Å². The highest BCUT2D eigenvalue weighted by Crippen LogP contribution is 2.15. The fourth-order valence-corrected chi connectivity index (χ4v) is 3.06. The van der Waals surface area contributed by atoms with Crippen LogP contribution < -0.4 is 10.9 Å². The largest absolute Gasteiger partial charge is 0.348 e. The molecule has 2 aromatic rings. The minimum atomic E-state index is -0.289. The molecule has 0 aliphatic carbocycles. The molecule has 1 aliphatic heterocycles. The number of amides is 2. The summed E-state index contributed by atoms with van der Waals surface area (Å²) in [6.07, 6.45) is 1.43. The van der Waals surface area contributed by atoms with Crippen LogP contribution in [-0.4, -0.2) is 45.6 Å². The number of carbonyl (C=O) groups is 2. The minimum absolute atomic E-state index is 0.00546. The molecule has 3 rings (SSSR count). The topological polar surface area (TPSA) is 84.3 Å². The molecule has 1 saturated heterocycles. The van der Waals surface area contributed by atoms with Gasteiger partial charge in [-0.3, -0.25) is 14.4 Å². The second-order valence-electron chi connectivity index (χ2n) is 6.08. The zero-order valence-corrected chi connectivity index (χ0v) is 13.8. The second kappa shape index (κ2) is 6.43. The van der Waals surface area contributed by atoms with E-state index in [4.69, 9.17) is 0 Å². The quantitative estimate of drug-likeness (QED) is 0.878. The zero-order chi connectivity index (χ0) is 17.3. The maximum absolute atomic E-state index is 12.6. The van der Waals surface area contributed by atoms with Gasteiger partial charge in [-0.25, -0.2) is 4.68 Å². The molecule has 1 aromatic heterocycles. The predicted molar refractivity (Wildman–Crippen MR) is 89.7 cm³/mol. The fourth-order valence-electron chi connectivity index (χ4n) is 3.06. The van der Waals surface area contributed by atoms with Crippen molar-refractivity contribution >= 4 is 22.6 Å². The van der Waals surface area contributed by atoms with Gasteiger partial charge in [0, 0.05) is 38.5 Å². The van der Waals surface area contributed by atoms with E-state index in [0.29, 0.717) is 23.9 Å². The first-order valence-corrected chi connectivity index (χ1v) is 8.00. The summed E-state index contributed by atoms with van der Waals surface area (Å²) in [5.74, 6) is -0.228. The molecule has 7 nitrogen and oxygen atoms in total. The molecule has 2 heterocycles. The minimum Gasteiger partial charge on any atom is -0.348 e. The smallest absolute Gasteiger partial charge is 0.274 e. The normalized spacial score (nSPS) is 15.5. The van der Waals surface area contributed by atoms with Gasteiger partial charge in [-0.15, -0.1) is 0 Å². The van der Waals surface area contributed by atoms with Crippen molar-refractivity contribution in [2.45, 2.75) is 25.8 Å². The van der Waals surface area contributed by atoms with Crippen molar-refractivity contribution in [2.24, 2.45) is 7.05 Å². The van der Waals surface area contributed by atoms with Gasteiger partial charge in [-0.1, -0.05) is 18.2 Å². The van der Waals surface area contributed by atoms with Gasteiger partial charge in [0.1, 0.15) is 0 Å². The molecule has 7 heteroatoms. The number of hydrogen-bond donors (Lipinski definition) is 1. The monoisotopic (exact) mass is 328 g/mol. The third-order valence-corrected chi connectivity index (χ3v) is 4.45. The van der Waals surface area contributed by atoms with E-state index in [-0.39, 0.29) is 29.1 Å². The summed E-state index contributed by atoms with van der Waals surface area (Å²) >= 11 is 0. The standard InChI is InChI=1S/C17H20N4O3/c1-11(22)21-9-7-12(8-10-21)18-16(23)15-13-5-3-4-6-14(13)17(24)20(2)19-15/h3-6,12H,7-10H2,1-2H3,(H,18,23). The summed E-state index contributed by atoms with van der Waals surface area (Å²) in [5.41, 5.74) is 0.0265. The number of nitrogens with zero attached hydrogens (tertiary/aromatic N) is 3. The average Bonchev–Trinajstić information content (AvgIpc) is 2.58. The summed E-state index contributed by atoms with van der Waals surface area (Å²) < 4.78 is 1.19. The van der Waals surface area contributed by atoms with E-state index in [1.165, 1.54) is 11.7 Å². The first-order valence-electron chi connectivity index (χ1n) is 8.00. The Morgan fingerprint density at radius 1 is 1.17 bits per heavy atom. The van der Waals surface area contributed by atoms with E-state index < -0.39 is 0 Å². The molecule has 1 aromatic carbocycles. The Hall–Kier alpha value is -2.70. The lowest BCUT2D eigenvalue weighted by atomic mass is 10.0. The molecule has 0 bridgehead atoms. The van der Waals surface area contributed by atoms with E-state index in [2.05, 4.69) is 10.4 Å². The predicted octanol–water partition coefficient (Wildman–Crippen LogP) is 0.674. The Kier molecular flexibility index (Phi) is 4.33. The highest BCUT2D eigenvalue weighted by molar-refractivity contribution is 6.04. The molecule has 1 N–H and O–H groups in total. The van der Waals surface area contributed by atoms with Crippen molar-refractivity contribution in [3.63, 3.8) is 0 Å². The summed E-state index contributed by atoms with van der Waals surface area (Å²) in [6.45, 7) is 2.84. The third kappa shape index (κ3) is 3.02. The molecule has 0 unspecified atom stereocenters. The summed E-state index contributed by atoms with van der Waals surface area (Å²) in [6, 6.07) is 6.98. The van der Waals surface area contributed by atoms with Gasteiger partial charge in [0.15, 0.2) is 5.69 Å². The van der Waals surface area contributed by atoms with Gasteiger partial charge in [0.25, 0.3) is 11.5 Å². The number of likely N-dealkylation sites (tertiary alicyclic amines) is 1. The van der Waals surface area contributed by atoms with Crippen LogP contribution >= 0.6 is 0 Å². The zero-order valence-electron chi connectivity index (χ0n) is 13.8. The number of piperidine rings is 1. The van der Waals surface area contributed by atoms with Crippen LogP contribution in [0.3, 0.4) is 0 Å². The average molecular weight is 328 g/mol. The Balaban J connectivity index is 1.82. The molecule has 24 heavy (non-hydrogen) atoms. The maximum atomic E-state index is 12.6. The van der Waals surface area contributed by atoms with Crippen molar-refractivity contribution in [2.75, 3.05) is 13.1 Å². The number of rotatable bonds is 2. The Morgan fingerprint density at radius 2 is 1.79 bits per heavy atom.